The number of halogens is 1. The van der Waals surface area contributed by atoms with Gasteiger partial charge < -0.3 is 5.11 Å². The van der Waals surface area contributed by atoms with E-state index in [1.54, 1.807) is 0 Å². The Morgan fingerprint density at radius 2 is 2.10 bits per heavy atom. The van der Waals surface area contributed by atoms with Crippen LogP contribution in [0.2, 0.25) is 0 Å². The minimum Gasteiger partial charge on any atom is -0.478 e. The van der Waals surface area contributed by atoms with Gasteiger partial charge in [0.25, 0.3) is 0 Å². The van der Waals surface area contributed by atoms with Crippen LogP contribution in [-0.2, 0) is 10.0 Å². The van der Waals surface area contributed by atoms with E-state index in [2.05, 4.69) is 0 Å². The fraction of sp³-hybridized carbons (Fsp3) is 0.500. The van der Waals surface area contributed by atoms with Gasteiger partial charge >= 0.3 is 5.97 Å². The molecular formula is C14H18FNO4S. The van der Waals surface area contributed by atoms with E-state index in [-0.39, 0.29) is 11.6 Å². The molecule has 0 atom stereocenters. The number of benzene rings is 1. The molecule has 5 nitrogen and oxygen atoms in total. The maximum Gasteiger partial charge on any atom is 0.335 e. The number of unbranched alkanes of at least 4 members (excludes halogenated alkanes) is 1. The molecule has 0 spiro atoms. The van der Waals surface area contributed by atoms with Crippen molar-refractivity contribution in [2.24, 2.45) is 0 Å². The number of aromatic carboxylic acids is 1. The van der Waals surface area contributed by atoms with Gasteiger partial charge in [-0.1, -0.05) is 13.3 Å². The SMILES string of the molecule is CCCCN(C1CC1)S(=O)(=O)c1ccc(C(=O)O)cc1F. The molecule has 1 aromatic rings. The molecule has 1 saturated carbocycles. The van der Waals surface area contributed by atoms with Crippen LogP contribution in [0.5, 0.6) is 0 Å². The van der Waals surface area contributed by atoms with Crippen LogP contribution in [0.25, 0.3) is 0 Å². The van der Waals surface area contributed by atoms with Crippen LogP contribution in [0, 0.1) is 5.82 Å². The quantitative estimate of drug-likeness (QED) is 0.839. The van der Waals surface area contributed by atoms with Crippen molar-refractivity contribution in [2.45, 2.75) is 43.5 Å². The summed E-state index contributed by atoms with van der Waals surface area (Å²) in [5.41, 5.74) is -0.266. The summed E-state index contributed by atoms with van der Waals surface area (Å²) in [6.45, 7) is 2.32. The number of rotatable bonds is 7. The predicted molar refractivity (Wildman–Crippen MR) is 75.2 cm³/mol. The molecule has 2 rings (SSSR count). The highest BCUT2D eigenvalue weighted by Crippen LogP contribution is 2.33. The molecular weight excluding hydrogens is 297 g/mol. The van der Waals surface area contributed by atoms with Gasteiger partial charge in [-0.05, 0) is 37.5 Å². The van der Waals surface area contributed by atoms with E-state index in [1.165, 1.54) is 4.31 Å². The van der Waals surface area contributed by atoms with E-state index in [4.69, 9.17) is 5.11 Å². The lowest BCUT2D eigenvalue weighted by molar-refractivity contribution is 0.0696. The zero-order valence-electron chi connectivity index (χ0n) is 11.8. The fourth-order valence-electron chi connectivity index (χ4n) is 2.14. The van der Waals surface area contributed by atoms with Gasteiger partial charge in [0.1, 0.15) is 10.7 Å². The Hall–Kier alpha value is -1.47. The third kappa shape index (κ3) is 3.41. The third-order valence-electron chi connectivity index (χ3n) is 3.45. The summed E-state index contributed by atoms with van der Waals surface area (Å²) in [7, 11) is -3.92. The van der Waals surface area contributed by atoms with Crippen molar-refractivity contribution in [1.29, 1.82) is 0 Å². The Morgan fingerprint density at radius 3 is 2.57 bits per heavy atom. The van der Waals surface area contributed by atoms with Gasteiger partial charge in [0.2, 0.25) is 10.0 Å². The molecule has 0 aromatic heterocycles. The molecule has 0 unspecified atom stereocenters. The van der Waals surface area contributed by atoms with Gasteiger partial charge in [-0.2, -0.15) is 4.31 Å². The van der Waals surface area contributed by atoms with Gasteiger partial charge in [0.05, 0.1) is 5.56 Å². The van der Waals surface area contributed by atoms with E-state index in [0.717, 1.165) is 37.5 Å². The van der Waals surface area contributed by atoms with E-state index in [0.29, 0.717) is 13.0 Å². The number of carboxylic acids is 1. The van der Waals surface area contributed by atoms with Crippen molar-refractivity contribution >= 4 is 16.0 Å². The molecule has 0 heterocycles. The van der Waals surface area contributed by atoms with Crippen molar-refractivity contribution < 1.29 is 22.7 Å². The van der Waals surface area contributed by atoms with Gasteiger partial charge in [-0.3, -0.25) is 0 Å². The Bertz CT molecular complexity index is 640. The highest BCUT2D eigenvalue weighted by atomic mass is 32.2. The van der Waals surface area contributed by atoms with E-state index in [9.17, 15) is 17.6 Å². The largest absolute Gasteiger partial charge is 0.478 e. The maximum atomic E-state index is 14.0. The maximum absolute atomic E-state index is 14.0. The molecule has 0 amide bonds. The van der Waals surface area contributed by atoms with Gasteiger partial charge in [-0.25, -0.2) is 17.6 Å². The van der Waals surface area contributed by atoms with E-state index < -0.39 is 26.7 Å². The molecule has 0 saturated heterocycles. The Labute approximate surface area is 123 Å². The van der Waals surface area contributed by atoms with Gasteiger partial charge in [0, 0.05) is 12.6 Å². The molecule has 1 aromatic carbocycles. The first-order chi connectivity index (χ1) is 9.87. The van der Waals surface area contributed by atoms with Crippen molar-refractivity contribution in [3.05, 3.63) is 29.6 Å². The van der Waals surface area contributed by atoms with Crippen molar-refractivity contribution in [3.63, 3.8) is 0 Å². The molecule has 1 aliphatic rings. The number of carbonyl (C=O) groups is 1. The first-order valence-electron chi connectivity index (χ1n) is 6.92. The summed E-state index contributed by atoms with van der Waals surface area (Å²) in [6, 6.07) is 2.85. The minimum atomic E-state index is -3.92. The van der Waals surface area contributed by atoms with Crippen LogP contribution < -0.4 is 0 Å². The fourth-order valence-corrected chi connectivity index (χ4v) is 3.92. The minimum absolute atomic E-state index is 0.0555. The average molecular weight is 315 g/mol. The van der Waals surface area contributed by atoms with Crippen LogP contribution >= 0.6 is 0 Å². The van der Waals surface area contributed by atoms with Crippen LogP contribution in [0.3, 0.4) is 0 Å². The highest BCUT2D eigenvalue weighted by Gasteiger charge is 2.38. The van der Waals surface area contributed by atoms with E-state index >= 15 is 0 Å². The van der Waals surface area contributed by atoms with Crippen LogP contribution in [0.4, 0.5) is 4.39 Å². The normalized spacial score (nSPS) is 15.4. The second-order valence-electron chi connectivity index (χ2n) is 5.15. The predicted octanol–water partition coefficient (Wildman–Crippen LogP) is 2.48. The summed E-state index contributed by atoms with van der Waals surface area (Å²) in [6.07, 6.45) is 3.14. The summed E-state index contributed by atoms with van der Waals surface area (Å²) in [5.74, 6) is -2.31. The average Bonchev–Trinajstić information content (AvgIpc) is 3.23. The number of sulfonamides is 1. The Kier molecular flexibility index (Phi) is 4.63. The van der Waals surface area contributed by atoms with Gasteiger partial charge in [-0.15, -0.1) is 0 Å². The Balaban J connectivity index is 2.35. The molecule has 0 bridgehead atoms. The smallest absolute Gasteiger partial charge is 0.335 e. The number of nitrogens with zero attached hydrogens (tertiary/aromatic N) is 1. The van der Waals surface area contributed by atoms with Crippen molar-refractivity contribution in [3.8, 4) is 0 Å². The standard InChI is InChI=1S/C14H18FNO4S/c1-2-3-8-16(11-5-6-11)21(19,20)13-7-4-10(14(17)18)9-12(13)15/h4,7,9,11H,2-3,5-6,8H2,1H3,(H,17,18). The zero-order chi connectivity index (χ0) is 15.6. The zero-order valence-corrected chi connectivity index (χ0v) is 12.6. The molecule has 1 fully saturated rings. The molecule has 7 heteroatoms. The number of hydrogen-bond donors (Lipinski definition) is 1. The summed E-state index contributed by atoms with van der Waals surface area (Å²) in [4.78, 5) is 10.3. The summed E-state index contributed by atoms with van der Waals surface area (Å²) in [5, 5.41) is 8.80. The monoisotopic (exact) mass is 315 g/mol. The number of carboxylic acid groups (broad SMARTS) is 1. The first kappa shape index (κ1) is 15.9. The van der Waals surface area contributed by atoms with Crippen LogP contribution in [0.1, 0.15) is 43.0 Å². The molecule has 0 radical (unpaired) electrons. The van der Waals surface area contributed by atoms with Crippen molar-refractivity contribution in [1.82, 2.24) is 4.31 Å². The lowest BCUT2D eigenvalue weighted by Crippen LogP contribution is -2.34. The molecule has 21 heavy (non-hydrogen) atoms. The molecule has 1 N–H and O–H groups in total. The van der Waals surface area contributed by atoms with E-state index in [1.807, 2.05) is 6.92 Å². The first-order valence-corrected chi connectivity index (χ1v) is 8.36. The Morgan fingerprint density at radius 1 is 1.43 bits per heavy atom. The molecule has 116 valence electrons. The summed E-state index contributed by atoms with van der Waals surface area (Å²) < 4.78 is 40.5. The molecule has 0 aliphatic heterocycles. The van der Waals surface area contributed by atoms with Gasteiger partial charge in [0.15, 0.2) is 0 Å². The highest BCUT2D eigenvalue weighted by molar-refractivity contribution is 7.89. The topological polar surface area (TPSA) is 74.7 Å². The second-order valence-corrected chi connectivity index (χ2v) is 7.01. The van der Waals surface area contributed by atoms with Crippen molar-refractivity contribution in [2.75, 3.05) is 6.54 Å². The second kappa shape index (κ2) is 6.11. The van der Waals surface area contributed by atoms with Crippen LogP contribution in [-0.4, -0.2) is 36.4 Å². The molecule has 1 aliphatic carbocycles. The van der Waals surface area contributed by atoms with Crippen LogP contribution in [0.15, 0.2) is 23.1 Å². The summed E-state index contributed by atoms with van der Waals surface area (Å²) >= 11 is 0. The third-order valence-corrected chi connectivity index (χ3v) is 5.44. The lowest BCUT2D eigenvalue weighted by Gasteiger charge is -2.22. The lowest BCUT2D eigenvalue weighted by atomic mass is 10.2. The number of hydrogen-bond acceptors (Lipinski definition) is 3.